The van der Waals surface area contributed by atoms with Crippen LogP contribution >= 0.6 is 0 Å². The van der Waals surface area contributed by atoms with E-state index in [0.717, 1.165) is 5.56 Å². The fraction of sp³-hybridized carbons (Fsp3) is 0.111. The van der Waals surface area contributed by atoms with Crippen LogP contribution in [0.4, 0.5) is 0 Å². The Kier molecular flexibility index (Phi) is 3.28. The first-order valence-corrected chi connectivity index (χ1v) is 6.78. The largest absolute Gasteiger partial charge is 0.512 e. The van der Waals surface area contributed by atoms with E-state index in [2.05, 4.69) is 0 Å². The molecule has 3 nitrogen and oxygen atoms in total. The van der Waals surface area contributed by atoms with Crippen LogP contribution < -0.4 is 0 Å². The van der Waals surface area contributed by atoms with Crippen LogP contribution in [-0.2, 0) is 5.60 Å². The number of para-hydroxylation sites is 1. The standard InChI is InChI=1S/C18H16O3/c19-14-8-5-11-18(21,12-14)16-10-4-9-15(17(16)20)13-6-2-1-3-7-13/h1-11,19-21H,12H2. The lowest BCUT2D eigenvalue weighted by Gasteiger charge is -2.28. The summed E-state index contributed by atoms with van der Waals surface area (Å²) < 4.78 is 0. The fourth-order valence-corrected chi connectivity index (χ4v) is 2.64. The van der Waals surface area contributed by atoms with Gasteiger partial charge in [-0.05, 0) is 17.7 Å². The fourth-order valence-electron chi connectivity index (χ4n) is 2.64. The molecule has 0 fully saturated rings. The summed E-state index contributed by atoms with van der Waals surface area (Å²) in [5.41, 5.74) is 0.525. The van der Waals surface area contributed by atoms with Gasteiger partial charge < -0.3 is 15.3 Å². The van der Waals surface area contributed by atoms with Gasteiger partial charge in [0.25, 0.3) is 0 Å². The molecule has 0 aliphatic heterocycles. The topological polar surface area (TPSA) is 60.7 Å². The summed E-state index contributed by atoms with van der Waals surface area (Å²) in [6, 6.07) is 14.8. The SMILES string of the molecule is OC1=CC=CC(O)(c2cccc(-c3ccccc3)c2O)C1. The van der Waals surface area contributed by atoms with Crippen molar-refractivity contribution >= 4 is 0 Å². The Hall–Kier alpha value is -2.52. The van der Waals surface area contributed by atoms with Crippen LogP contribution in [0.15, 0.2) is 72.5 Å². The summed E-state index contributed by atoms with van der Waals surface area (Å²) in [5.74, 6) is 0.120. The first-order chi connectivity index (χ1) is 10.1. The summed E-state index contributed by atoms with van der Waals surface area (Å²) in [7, 11) is 0. The monoisotopic (exact) mass is 280 g/mol. The highest BCUT2D eigenvalue weighted by Crippen LogP contribution is 2.41. The highest BCUT2D eigenvalue weighted by Gasteiger charge is 2.32. The Morgan fingerprint density at radius 1 is 0.905 bits per heavy atom. The van der Waals surface area contributed by atoms with E-state index >= 15 is 0 Å². The van der Waals surface area contributed by atoms with Crippen molar-refractivity contribution in [2.75, 3.05) is 0 Å². The van der Waals surface area contributed by atoms with Crippen molar-refractivity contribution in [2.24, 2.45) is 0 Å². The maximum absolute atomic E-state index is 10.7. The van der Waals surface area contributed by atoms with E-state index in [-0.39, 0.29) is 17.9 Å². The second-order valence-corrected chi connectivity index (χ2v) is 5.19. The third-order valence-corrected chi connectivity index (χ3v) is 3.70. The van der Waals surface area contributed by atoms with E-state index in [9.17, 15) is 15.3 Å². The Balaban J connectivity index is 2.10. The number of phenols is 1. The number of benzene rings is 2. The zero-order valence-corrected chi connectivity index (χ0v) is 11.4. The average molecular weight is 280 g/mol. The molecule has 0 saturated carbocycles. The quantitative estimate of drug-likeness (QED) is 0.787. The molecule has 0 radical (unpaired) electrons. The van der Waals surface area contributed by atoms with Crippen LogP contribution in [0.2, 0.25) is 0 Å². The van der Waals surface area contributed by atoms with E-state index in [1.54, 1.807) is 30.4 Å². The highest BCUT2D eigenvalue weighted by molar-refractivity contribution is 5.72. The molecule has 0 bridgehead atoms. The average Bonchev–Trinajstić information content (AvgIpc) is 2.48. The lowest BCUT2D eigenvalue weighted by atomic mass is 9.84. The van der Waals surface area contributed by atoms with Crippen LogP contribution in [0.5, 0.6) is 5.75 Å². The van der Waals surface area contributed by atoms with Gasteiger partial charge in [0.2, 0.25) is 0 Å². The molecule has 0 aromatic heterocycles. The minimum absolute atomic E-state index is 0.0329. The maximum Gasteiger partial charge on any atom is 0.129 e. The van der Waals surface area contributed by atoms with E-state index in [1.165, 1.54) is 6.08 Å². The lowest BCUT2D eigenvalue weighted by molar-refractivity contribution is 0.0728. The minimum Gasteiger partial charge on any atom is -0.512 e. The molecule has 2 aromatic carbocycles. The molecule has 0 spiro atoms. The van der Waals surface area contributed by atoms with Crippen molar-refractivity contribution in [3.05, 3.63) is 78.1 Å². The van der Waals surface area contributed by atoms with Gasteiger partial charge in [-0.3, -0.25) is 0 Å². The molecule has 3 rings (SSSR count). The summed E-state index contributed by atoms with van der Waals surface area (Å²) in [6.45, 7) is 0. The van der Waals surface area contributed by atoms with E-state index in [0.29, 0.717) is 11.1 Å². The van der Waals surface area contributed by atoms with E-state index in [4.69, 9.17) is 0 Å². The lowest BCUT2D eigenvalue weighted by Crippen LogP contribution is -2.25. The van der Waals surface area contributed by atoms with Gasteiger partial charge in [0, 0.05) is 17.5 Å². The van der Waals surface area contributed by atoms with Gasteiger partial charge in [0.15, 0.2) is 0 Å². The van der Waals surface area contributed by atoms with Crippen molar-refractivity contribution in [2.45, 2.75) is 12.0 Å². The Bertz CT molecular complexity index is 716. The predicted octanol–water partition coefficient (Wildman–Crippen LogP) is 3.65. The van der Waals surface area contributed by atoms with Gasteiger partial charge in [-0.1, -0.05) is 54.6 Å². The van der Waals surface area contributed by atoms with E-state index < -0.39 is 5.60 Å². The molecule has 1 unspecified atom stereocenters. The number of allylic oxidation sites excluding steroid dienone is 2. The van der Waals surface area contributed by atoms with Gasteiger partial charge in [-0.2, -0.15) is 0 Å². The number of aliphatic hydroxyl groups is 2. The van der Waals surface area contributed by atoms with Crippen LogP contribution in [0.3, 0.4) is 0 Å². The first-order valence-electron chi connectivity index (χ1n) is 6.78. The van der Waals surface area contributed by atoms with Crippen molar-refractivity contribution in [3.63, 3.8) is 0 Å². The molecule has 1 atom stereocenters. The van der Waals surface area contributed by atoms with Crippen LogP contribution in [0.25, 0.3) is 11.1 Å². The van der Waals surface area contributed by atoms with Gasteiger partial charge in [0.05, 0.1) is 5.76 Å². The molecule has 0 saturated heterocycles. The third kappa shape index (κ3) is 2.43. The zero-order chi connectivity index (χ0) is 14.9. The number of hydrogen-bond donors (Lipinski definition) is 3. The number of aliphatic hydroxyl groups excluding tert-OH is 1. The molecule has 21 heavy (non-hydrogen) atoms. The van der Waals surface area contributed by atoms with Crippen molar-refractivity contribution in [1.29, 1.82) is 0 Å². The molecular weight excluding hydrogens is 264 g/mol. The predicted molar refractivity (Wildman–Crippen MR) is 81.9 cm³/mol. The smallest absolute Gasteiger partial charge is 0.129 e. The molecule has 0 amide bonds. The second kappa shape index (κ2) is 5.11. The van der Waals surface area contributed by atoms with Crippen molar-refractivity contribution in [3.8, 4) is 16.9 Å². The molecule has 1 aliphatic rings. The number of rotatable bonds is 2. The molecule has 106 valence electrons. The van der Waals surface area contributed by atoms with Gasteiger partial charge >= 0.3 is 0 Å². The molecule has 0 heterocycles. The number of hydrogen-bond acceptors (Lipinski definition) is 3. The van der Waals surface area contributed by atoms with Crippen LogP contribution in [-0.4, -0.2) is 15.3 Å². The molecule has 1 aliphatic carbocycles. The highest BCUT2D eigenvalue weighted by atomic mass is 16.3. The number of phenolic OH excluding ortho intramolecular Hbond substituents is 1. The molecule has 3 heteroatoms. The van der Waals surface area contributed by atoms with Gasteiger partial charge in [-0.15, -0.1) is 0 Å². The Morgan fingerprint density at radius 3 is 2.38 bits per heavy atom. The summed E-state index contributed by atoms with van der Waals surface area (Å²) in [6.07, 6.45) is 4.76. The molecular formula is C18H16O3. The third-order valence-electron chi connectivity index (χ3n) is 3.70. The van der Waals surface area contributed by atoms with Gasteiger partial charge in [-0.25, -0.2) is 0 Å². The van der Waals surface area contributed by atoms with Crippen LogP contribution in [0.1, 0.15) is 12.0 Å². The summed E-state index contributed by atoms with van der Waals surface area (Å²) in [5, 5.41) is 30.9. The van der Waals surface area contributed by atoms with Gasteiger partial charge in [0.1, 0.15) is 11.4 Å². The Morgan fingerprint density at radius 2 is 1.67 bits per heavy atom. The Labute approximate surface area is 123 Å². The van der Waals surface area contributed by atoms with E-state index in [1.807, 2.05) is 30.3 Å². The molecule has 3 N–H and O–H groups in total. The first kappa shape index (κ1) is 13.5. The summed E-state index contributed by atoms with van der Waals surface area (Å²) in [4.78, 5) is 0. The maximum atomic E-state index is 10.7. The van der Waals surface area contributed by atoms with Crippen molar-refractivity contribution in [1.82, 2.24) is 0 Å². The van der Waals surface area contributed by atoms with Crippen molar-refractivity contribution < 1.29 is 15.3 Å². The second-order valence-electron chi connectivity index (χ2n) is 5.19. The molecule has 2 aromatic rings. The zero-order valence-electron chi connectivity index (χ0n) is 11.4. The number of aromatic hydroxyl groups is 1. The normalized spacial score (nSPS) is 21.1. The van der Waals surface area contributed by atoms with Crippen LogP contribution in [0, 0.1) is 0 Å². The summed E-state index contributed by atoms with van der Waals surface area (Å²) >= 11 is 0. The minimum atomic E-state index is -1.40.